The van der Waals surface area contributed by atoms with E-state index in [4.69, 9.17) is 11.0 Å². The number of nitriles is 1. The zero-order valence-electron chi connectivity index (χ0n) is 7.19. The molecule has 0 aliphatic carbocycles. The average molecular weight is 181 g/mol. The summed E-state index contributed by atoms with van der Waals surface area (Å²) in [5.74, 6) is -0.589. The standard InChI is InChI=1S/C8H11N3O2/c9-3-6-4-11(5-6)8(13)2-1-7(10)12/h6H,1-2,4-5H2,(H2,10,12). The van der Waals surface area contributed by atoms with Crippen LogP contribution < -0.4 is 5.73 Å². The van der Waals surface area contributed by atoms with Gasteiger partial charge in [-0.1, -0.05) is 0 Å². The van der Waals surface area contributed by atoms with E-state index in [0.29, 0.717) is 13.1 Å². The lowest BCUT2D eigenvalue weighted by Gasteiger charge is -2.35. The number of rotatable bonds is 3. The number of hydrogen-bond donors (Lipinski definition) is 1. The SMILES string of the molecule is N#CC1CN(C(=O)CCC(N)=O)C1. The molecule has 5 nitrogen and oxygen atoms in total. The molecule has 0 saturated carbocycles. The van der Waals surface area contributed by atoms with Crippen molar-refractivity contribution >= 4 is 11.8 Å². The molecule has 0 aromatic rings. The van der Waals surface area contributed by atoms with E-state index in [1.54, 1.807) is 4.90 Å². The van der Waals surface area contributed by atoms with Gasteiger partial charge in [-0.3, -0.25) is 9.59 Å². The van der Waals surface area contributed by atoms with E-state index in [1.165, 1.54) is 0 Å². The number of carbonyl (C=O) groups excluding carboxylic acids is 2. The van der Waals surface area contributed by atoms with Crippen LogP contribution in [-0.4, -0.2) is 29.8 Å². The van der Waals surface area contributed by atoms with Crippen molar-refractivity contribution in [3.05, 3.63) is 0 Å². The van der Waals surface area contributed by atoms with Crippen LogP contribution in [0, 0.1) is 17.2 Å². The number of nitrogens with two attached hydrogens (primary N) is 1. The molecule has 2 amide bonds. The molecule has 1 rings (SSSR count). The minimum Gasteiger partial charge on any atom is -0.370 e. The minimum atomic E-state index is -0.467. The van der Waals surface area contributed by atoms with E-state index in [9.17, 15) is 9.59 Å². The topological polar surface area (TPSA) is 87.2 Å². The summed E-state index contributed by atoms with van der Waals surface area (Å²) in [6, 6.07) is 2.07. The predicted molar refractivity (Wildman–Crippen MR) is 44.1 cm³/mol. The van der Waals surface area contributed by atoms with Crippen LogP contribution in [0.5, 0.6) is 0 Å². The molecule has 1 aliphatic rings. The van der Waals surface area contributed by atoms with Crippen LogP contribution in [0.2, 0.25) is 0 Å². The van der Waals surface area contributed by atoms with Crippen molar-refractivity contribution in [2.45, 2.75) is 12.8 Å². The molecule has 0 aromatic carbocycles. The molecule has 0 unspecified atom stereocenters. The van der Waals surface area contributed by atoms with Crippen LogP contribution in [0.3, 0.4) is 0 Å². The number of carbonyl (C=O) groups is 2. The quantitative estimate of drug-likeness (QED) is 0.620. The number of likely N-dealkylation sites (tertiary alicyclic amines) is 1. The number of hydrogen-bond acceptors (Lipinski definition) is 3. The Morgan fingerprint density at radius 2 is 2.08 bits per heavy atom. The molecule has 1 aliphatic heterocycles. The Morgan fingerprint density at radius 3 is 2.54 bits per heavy atom. The summed E-state index contributed by atoms with van der Waals surface area (Å²) in [7, 11) is 0. The van der Waals surface area contributed by atoms with E-state index >= 15 is 0 Å². The second-order valence-corrected chi connectivity index (χ2v) is 3.09. The number of nitrogens with zero attached hydrogens (tertiary/aromatic N) is 2. The molecule has 70 valence electrons. The van der Waals surface area contributed by atoms with Crippen molar-refractivity contribution in [3.63, 3.8) is 0 Å². The van der Waals surface area contributed by atoms with Gasteiger partial charge in [-0.25, -0.2) is 0 Å². The van der Waals surface area contributed by atoms with Gasteiger partial charge in [0.1, 0.15) is 0 Å². The largest absolute Gasteiger partial charge is 0.370 e. The zero-order chi connectivity index (χ0) is 9.84. The Kier molecular flexibility index (Phi) is 2.85. The fourth-order valence-electron chi connectivity index (χ4n) is 1.15. The van der Waals surface area contributed by atoms with Gasteiger partial charge in [-0.05, 0) is 0 Å². The molecule has 1 saturated heterocycles. The van der Waals surface area contributed by atoms with Gasteiger partial charge in [0.15, 0.2) is 0 Å². The molecular weight excluding hydrogens is 170 g/mol. The van der Waals surface area contributed by atoms with E-state index in [1.807, 2.05) is 0 Å². The Morgan fingerprint density at radius 1 is 1.46 bits per heavy atom. The molecule has 0 spiro atoms. The predicted octanol–water partition coefficient (Wildman–Crippen LogP) is -0.766. The summed E-state index contributed by atoms with van der Waals surface area (Å²) < 4.78 is 0. The van der Waals surface area contributed by atoms with E-state index in [2.05, 4.69) is 6.07 Å². The van der Waals surface area contributed by atoms with Gasteiger partial charge in [0.2, 0.25) is 11.8 Å². The van der Waals surface area contributed by atoms with Gasteiger partial charge in [0, 0.05) is 25.9 Å². The summed E-state index contributed by atoms with van der Waals surface area (Å²) in [5, 5.41) is 8.44. The van der Waals surface area contributed by atoms with Crippen molar-refractivity contribution in [3.8, 4) is 6.07 Å². The highest BCUT2D eigenvalue weighted by Gasteiger charge is 2.29. The summed E-state index contributed by atoms with van der Waals surface area (Å²) >= 11 is 0. The molecule has 0 aromatic heterocycles. The van der Waals surface area contributed by atoms with Crippen molar-refractivity contribution < 1.29 is 9.59 Å². The maximum absolute atomic E-state index is 11.2. The van der Waals surface area contributed by atoms with Gasteiger partial charge in [-0.15, -0.1) is 0 Å². The molecule has 5 heteroatoms. The highest BCUT2D eigenvalue weighted by Crippen LogP contribution is 2.15. The fraction of sp³-hybridized carbons (Fsp3) is 0.625. The fourth-order valence-corrected chi connectivity index (χ4v) is 1.15. The van der Waals surface area contributed by atoms with Gasteiger partial charge in [-0.2, -0.15) is 5.26 Å². The monoisotopic (exact) mass is 181 g/mol. The second kappa shape index (κ2) is 3.90. The third-order valence-corrected chi connectivity index (χ3v) is 2.00. The van der Waals surface area contributed by atoms with Gasteiger partial charge < -0.3 is 10.6 Å². The van der Waals surface area contributed by atoms with E-state index in [0.717, 1.165) is 0 Å². The Labute approximate surface area is 76.1 Å². The molecule has 0 radical (unpaired) electrons. The maximum atomic E-state index is 11.2. The lowest BCUT2D eigenvalue weighted by Crippen LogP contribution is -2.49. The Hall–Kier alpha value is -1.57. The highest BCUT2D eigenvalue weighted by molar-refractivity contribution is 5.83. The van der Waals surface area contributed by atoms with Crippen molar-refractivity contribution in [1.82, 2.24) is 4.90 Å². The summed E-state index contributed by atoms with van der Waals surface area (Å²) in [6.45, 7) is 0.988. The summed E-state index contributed by atoms with van der Waals surface area (Å²) in [5.41, 5.74) is 4.89. The van der Waals surface area contributed by atoms with Crippen LogP contribution in [0.15, 0.2) is 0 Å². The van der Waals surface area contributed by atoms with Gasteiger partial charge in [0.05, 0.1) is 12.0 Å². The van der Waals surface area contributed by atoms with Crippen LogP contribution in [-0.2, 0) is 9.59 Å². The maximum Gasteiger partial charge on any atom is 0.223 e. The first kappa shape index (κ1) is 9.52. The molecule has 1 fully saturated rings. The lowest BCUT2D eigenvalue weighted by atomic mass is 10.0. The van der Waals surface area contributed by atoms with Crippen molar-refractivity contribution in [1.29, 1.82) is 5.26 Å². The number of amides is 2. The zero-order valence-corrected chi connectivity index (χ0v) is 7.19. The summed E-state index contributed by atoms with van der Waals surface area (Å²) in [6.07, 6.45) is 0.250. The molecular formula is C8H11N3O2. The first-order valence-corrected chi connectivity index (χ1v) is 4.09. The Bertz CT molecular complexity index is 263. The summed E-state index contributed by atoms with van der Waals surface area (Å²) in [4.78, 5) is 23.1. The Balaban J connectivity index is 2.20. The lowest BCUT2D eigenvalue weighted by molar-refractivity contribution is -0.137. The average Bonchev–Trinajstić information content (AvgIpc) is 1.99. The first-order valence-electron chi connectivity index (χ1n) is 4.09. The van der Waals surface area contributed by atoms with Crippen LogP contribution in [0.4, 0.5) is 0 Å². The van der Waals surface area contributed by atoms with Crippen LogP contribution in [0.1, 0.15) is 12.8 Å². The van der Waals surface area contributed by atoms with Gasteiger partial charge >= 0.3 is 0 Å². The van der Waals surface area contributed by atoms with E-state index < -0.39 is 5.91 Å². The van der Waals surface area contributed by atoms with Crippen molar-refractivity contribution in [2.24, 2.45) is 11.7 Å². The first-order chi connectivity index (χ1) is 6.13. The van der Waals surface area contributed by atoms with Crippen LogP contribution in [0.25, 0.3) is 0 Å². The molecule has 1 heterocycles. The normalized spacial score (nSPS) is 16.1. The third kappa shape index (κ3) is 2.44. The van der Waals surface area contributed by atoms with Crippen LogP contribution >= 0.6 is 0 Å². The second-order valence-electron chi connectivity index (χ2n) is 3.09. The minimum absolute atomic E-state index is 0.0301. The van der Waals surface area contributed by atoms with Gasteiger partial charge in [0.25, 0.3) is 0 Å². The third-order valence-electron chi connectivity index (χ3n) is 2.00. The molecule has 13 heavy (non-hydrogen) atoms. The van der Waals surface area contributed by atoms with E-state index in [-0.39, 0.29) is 24.7 Å². The number of primary amides is 1. The highest BCUT2D eigenvalue weighted by atomic mass is 16.2. The van der Waals surface area contributed by atoms with Crippen molar-refractivity contribution in [2.75, 3.05) is 13.1 Å². The molecule has 0 atom stereocenters. The molecule has 0 bridgehead atoms. The smallest absolute Gasteiger partial charge is 0.223 e. The molecule has 2 N–H and O–H groups in total.